The summed E-state index contributed by atoms with van der Waals surface area (Å²) in [6.45, 7) is 1.99. The van der Waals surface area contributed by atoms with Gasteiger partial charge in [0, 0.05) is 6.04 Å². The summed E-state index contributed by atoms with van der Waals surface area (Å²) >= 11 is 0. The Bertz CT molecular complexity index is 547. The molecule has 0 bridgehead atoms. The van der Waals surface area contributed by atoms with Gasteiger partial charge in [-0.2, -0.15) is 0 Å². The number of carbonyl (C=O) groups excluding carboxylic acids is 1. The summed E-state index contributed by atoms with van der Waals surface area (Å²) in [6.07, 6.45) is 0.139. The van der Waals surface area contributed by atoms with E-state index in [1.807, 2.05) is 60.7 Å². The second-order valence-electron chi connectivity index (χ2n) is 5.31. The molecule has 0 fully saturated rings. The van der Waals surface area contributed by atoms with Gasteiger partial charge in [0.2, 0.25) is 0 Å². The number of carbonyl (C=O) groups is 1. The summed E-state index contributed by atoms with van der Waals surface area (Å²) in [7, 11) is 0. The molecule has 0 aromatic heterocycles. The molecule has 2 aromatic rings. The predicted octanol–water partition coefficient (Wildman–Crippen LogP) is 2.68. The molecule has 1 unspecified atom stereocenters. The van der Waals surface area contributed by atoms with Crippen molar-refractivity contribution in [1.29, 1.82) is 0 Å². The zero-order valence-electron chi connectivity index (χ0n) is 13.3. The van der Waals surface area contributed by atoms with Gasteiger partial charge in [-0.15, -0.1) is 0 Å². The molecule has 0 spiro atoms. The second-order valence-corrected chi connectivity index (χ2v) is 5.31. The minimum atomic E-state index is -0.362. The largest absolute Gasteiger partial charge is 0.466 e. The zero-order valence-corrected chi connectivity index (χ0v) is 13.3. The van der Waals surface area contributed by atoms with E-state index in [-0.39, 0.29) is 31.1 Å². The van der Waals surface area contributed by atoms with Gasteiger partial charge in [-0.05, 0) is 18.1 Å². The zero-order chi connectivity index (χ0) is 16.5. The molecule has 4 heteroatoms. The third kappa shape index (κ3) is 5.20. The van der Waals surface area contributed by atoms with E-state index >= 15 is 0 Å². The van der Waals surface area contributed by atoms with Crippen molar-refractivity contribution in [3.05, 3.63) is 71.8 Å². The second kappa shape index (κ2) is 9.08. The molecule has 0 aliphatic carbocycles. The predicted molar refractivity (Wildman–Crippen MR) is 90.0 cm³/mol. The topological polar surface area (TPSA) is 58.6 Å². The van der Waals surface area contributed by atoms with Crippen LogP contribution in [0.25, 0.3) is 0 Å². The Balaban J connectivity index is 2.19. The smallest absolute Gasteiger partial charge is 0.307 e. The molecule has 0 saturated carbocycles. The third-order valence-corrected chi connectivity index (χ3v) is 3.61. The first kappa shape index (κ1) is 17.2. The van der Waals surface area contributed by atoms with Crippen LogP contribution in [0.15, 0.2) is 60.7 Å². The van der Waals surface area contributed by atoms with Gasteiger partial charge in [-0.3, -0.25) is 4.79 Å². The monoisotopic (exact) mass is 313 g/mol. The van der Waals surface area contributed by atoms with Gasteiger partial charge in [0.05, 0.1) is 25.7 Å². The molecule has 4 nitrogen and oxygen atoms in total. The Morgan fingerprint density at radius 3 is 2.00 bits per heavy atom. The Morgan fingerprint density at radius 1 is 1.04 bits per heavy atom. The van der Waals surface area contributed by atoms with E-state index in [4.69, 9.17) is 4.74 Å². The fourth-order valence-electron chi connectivity index (χ4n) is 2.51. The summed E-state index contributed by atoms with van der Waals surface area (Å²) in [5, 5.41) is 13.0. The molecule has 2 rings (SSSR count). The molecule has 0 aliphatic heterocycles. The van der Waals surface area contributed by atoms with Gasteiger partial charge in [0.25, 0.3) is 0 Å². The highest BCUT2D eigenvalue weighted by Gasteiger charge is 2.20. The first-order valence-electron chi connectivity index (χ1n) is 7.87. The average Bonchev–Trinajstić information content (AvgIpc) is 2.60. The van der Waals surface area contributed by atoms with Crippen LogP contribution in [0, 0.1) is 0 Å². The summed E-state index contributed by atoms with van der Waals surface area (Å²) in [6, 6.07) is 19.5. The quantitative estimate of drug-likeness (QED) is 0.736. The number of aliphatic hydroxyl groups excluding tert-OH is 1. The number of aliphatic hydroxyl groups is 1. The van der Waals surface area contributed by atoms with E-state index in [0.717, 1.165) is 11.1 Å². The van der Waals surface area contributed by atoms with Crippen LogP contribution < -0.4 is 5.32 Å². The van der Waals surface area contributed by atoms with Crippen LogP contribution in [-0.4, -0.2) is 30.3 Å². The lowest BCUT2D eigenvalue weighted by molar-refractivity contribution is -0.144. The van der Waals surface area contributed by atoms with Crippen molar-refractivity contribution >= 4 is 5.97 Å². The maximum absolute atomic E-state index is 11.7. The lowest BCUT2D eigenvalue weighted by Gasteiger charge is -2.25. The highest BCUT2D eigenvalue weighted by Crippen LogP contribution is 2.22. The van der Waals surface area contributed by atoms with Crippen molar-refractivity contribution in [3.63, 3.8) is 0 Å². The minimum Gasteiger partial charge on any atom is -0.466 e. The Hall–Kier alpha value is -2.17. The van der Waals surface area contributed by atoms with Crippen LogP contribution in [0.3, 0.4) is 0 Å². The van der Waals surface area contributed by atoms with Gasteiger partial charge in [0.15, 0.2) is 0 Å². The maximum Gasteiger partial charge on any atom is 0.307 e. The normalized spacial score (nSPS) is 12.1. The molecule has 0 heterocycles. The van der Waals surface area contributed by atoms with Crippen LogP contribution in [0.1, 0.15) is 30.5 Å². The molecule has 0 radical (unpaired) electrons. The molecule has 0 amide bonds. The van der Waals surface area contributed by atoms with Crippen molar-refractivity contribution in [3.8, 4) is 0 Å². The lowest BCUT2D eigenvalue weighted by atomic mass is 9.97. The van der Waals surface area contributed by atoms with Crippen LogP contribution in [0.2, 0.25) is 0 Å². The molecule has 2 N–H and O–H groups in total. The van der Waals surface area contributed by atoms with Gasteiger partial charge >= 0.3 is 5.97 Å². The molecule has 2 aromatic carbocycles. The third-order valence-electron chi connectivity index (χ3n) is 3.61. The molecular weight excluding hydrogens is 290 g/mol. The standard InChI is InChI=1S/C19H23NO3/c1-2-23-18(22)13-17(14-21)20-19(15-9-5-3-6-10-15)16-11-7-4-8-12-16/h3-12,17,19-21H,2,13-14H2,1H3. The average molecular weight is 313 g/mol. The van der Waals surface area contributed by atoms with E-state index in [0.29, 0.717) is 6.61 Å². The van der Waals surface area contributed by atoms with Crippen LogP contribution in [0.4, 0.5) is 0 Å². The highest BCUT2D eigenvalue weighted by atomic mass is 16.5. The lowest BCUT2D eigenvalue weighted by Crippen LogP contribution is -2.38. The van der Waals surface area contributed by atoms with Crippen molar-refractivity contribution in [2.45, 2.75) is 25.4 Å². The minimum absolute atomic E-state index is 0.0935. The van der Waals surface area contributed by atoms with Gasteiger partial charge in [-0.25, -0.2) is 0 Å². The molecule has 23 heavy (non-hydrogen) atoms. The van der Waals surface area contributed by atoms with Crippen LogP contribution in [0.5, 0.6) is 0 Å². The number of esters is 1. The number of benzene rings is 2. The fraction of sp³-hybridized carbons (Fsp3) is 0.316. The first-order chi connectivity index (χ1) is 11.2. The van der Waals surface area contributed by atoms with Crippen molar-refractivity contribution in [2.75, 3.05) is 13.2 Å². The van der Waals surface area contributed by atoms with E-state index in [9.17, 15) is 9.90 Å². The molecule has 122 valence electrons. The fourth-order valence-corrected chi connectivity index (χ4v) is 2.51. The molecule has 0 saturated heterocycles. The molecular formula is C19H23NO3. The van der Waals surface area contributed by atoms with Gasteiger partial charge in [-0.1, -0.05) is 60.7 Å². The Labute approximate surface area is 137 Å². The van der Waals surface area contributed by atoms with Gasteiger partial charge < -0.3 is 15.2 Å². The molecule has 0 aliphatic rings. The number of hydrogen-bond acceptors (Lipinski definition) is 4. The summed E-state index contributed by atoms with van der Waals surface area (Å²) in [5.41, 5.74) is 2.17. The van der Waals surface area contributed by atoms with Crippen molar-refractivity contribution in [1.82, 2.24) is 5.32 Å². The number of rotatable bonds is 8. The Morgan fingerprint density at radius 2 is 1.57 bits per heavy atom. The number of nitrogens with one attached hydrogen (secondary N) is 1. The van der Waals surface area contributed by atoms with E-state index < -0.39 is 0 Å². The SMILES string of the molecule is CCOC(=O)CC(CO)NC(c1ccccc1)c1ccccc1. The Kier molecular flexibility index (Phi) is 6.78. The van der Waals surface area contributed by atoms with Crippen molar-refractivity contribution in [2.24, 2.45) is 0 Å². The summed E-state index contributed by atoms with van der Waals surface area (Å²) < 4.78 is 4.98. The van der Waals surface area contributed by atoms with E-state index in [1.165, 1.54) is 0 Å². The first-order valence-corrected chi connectivity index (χ1v) is 7.87. The van der Waals surface area contributed by atoms with Crippen LogP contribution >= 0.6 is 0 Å². The van der Waals surface area contributed by atoms with Gasteiger partial charge in [0.1, 0.15) is 0 Å². The van der Waals surface area contributed by atoms with E-state index in [2.05, 4.69) is 5.32 Å². The van der Waals surface area contributed by atoms with E-state index in [1.54, 1.807) is 6.92 Å². The number of ether oxygens (including phenoxy) is 1. The molecule has 1 atom stereocenters. The number of hydrogen-bond donors (Lipinski definition) is 2. The summed E-state index contributed by atoms with van der Waals surface area (Å²) in [4.78, 5) is 11.7. The van der Waals surface area contributed by atoms with Crippen molar-refractivity contribution < 1.29 is 14.6 Å². The maximum atomic E-state index is 11.7. The highest BCUT2D eigenvalue weighted by molar-refractivity contribution is 5.70. The van der Waals surface area contributed by atoms with Crippen LogP contribution in [-0.2, 0) is 9.53 Å². The summed E-state index contributed by atoms with van der Waals surface area (Å²) in [5.74, 6) is -0.307.